The van der Waals surface area contributed by atoms with E-state index in [1.165, 1.54) is 7.11 Å². The third-order valence-corrected chi connectivity index (χ3v) is 2.73. The van der Waals surface area contributed by atoms with Crippen LogP contribution in [0.4, 0.5) is 0 Å². The number of nitrogens with zero attached hydrogens (tertiary/aromatic N) is 2. The van der Waals surface area contributed by atoms with Gasteiger partial charge in [0.1, 0.15) is 0 Å². The molecule has 2 atom stereocenters. The predicted octanol–water partition coefficient (Wildman–Crippen LogP) is 1.87. The van der Waals surface area contributed by atoms with Crippen molar-refractivity contribution >= 4 is 5.97 Å². The van der Waals surface area contributed by atoms with E-state index < -0.39 is 0 Å². The summed E-state index contributed by atoms with van der Waals surface area (Å²) in [6, 6.07) is 2.02. The fraction of sp³-hybridized carbons (Fsp3) is 0.636. The van der Waals surface area contributed by atoms with E-state index in [9.17, 15) is 4.79 Å². The molecule has 0 aromatic carbocycles. The van der Waals surface area contributed by atoms with Crippen LogP contribution in [0.2, 0.25) is 0 Å². The van der Waals surface area contributed by atoms with E-state index in [-0.39, 0.29) is 17.9 Å². The standard InChI is InChI=1S/C11H18N2O2/c1-7-6-8(2)13(12-7)10(4)9(3)11(14)15-5/h6,9-10H,1-5H3. The first-order valence-electron chi connectivity index (χ1n) is 5.08. The highest BCUT2D eigenvalue weighted by atomic mass is 16.5. The van der Waals surface area contributed by atoms with Crippen LogP contribution >= 0.6 is 0 Å². The van der Waals surface area contributed by atoms with Gasteiger partial charge in [-0.2, -0.15) is 5.10 Å². The quantitative estimate of drug-likeness (QED) is 0.715. The lowest BCUT2D eigenvalue weighted by atomic mass is 10.0. The minimum atomic E-state index is -0.199. The molecule has 1 heterocycles. The normalized spacial score (nSPS) is 14.7. The molecule has 0 spiro atoms. The van der Waals surface area contributed by atoms with Gasteiger partial charge in [0, 0.05) is 5.69 Å². The largest absolute Gasteiger partial charge is 0.469 e. The van der Waals surface area contributed by atoms with E-state index in [0.717, 1.165) is 11.4 Å². The van der Waals surface area contributed by atoms with Gasteiger partial charge >= 0.3 is 5.97 Å². The van der Waals surface area contributed by atoms with Crippen LogP contribution < -0.4 is 0 Å². The van der Waals surface area contributed by atoms with Crippen molar-refractivity contribution in [3.05, 3.63) is 17.5 Å². The summed E-state index contributed by atoms with van der Waals surface area (Å²) in [4.78, 5) is 11.4. The summed E-state index contributed by atoms with van der Waals surface area (Å²) in [6.07, 6.45) is 0. The molecule has 0 fully saturated rings. The molecule has 15 heavy (non-hydrogen) atoms. The Morgan fingerprint density at radius 2 is 2.07 bits per heavy atom. The van der Waals surface area contributed by atoms with Crippen molar-refractivity contribution in [2.75, 3.05) is 7.11 Å². The zero-order valence-electron chi connectivity index (χ0n) is 9.94. The molecule has 0 saturated heterocycles. The van der Waals surface area contributed by atoms with Crippen LogP contribution in [0.1, 0.15) is 31.3 Å². The molecule has 0 aliphatic rings. The van der Waals surface area contributed by atoms with E-state index in [1.54, 1.807) is 0 Å². The second kappa shape index (κ2) is 4.47. The predicted molar refractivity (Wildman–Crippen MR) is 57.6 cm³/mol. The van der Waals surface area contributed by atoms with Crippen LogP contribution in [0.15, 0.2) is 6.07 Å². The lowest BCUT2D eigenvalue weighted by molar-refractivity contribution is -0.146. The number of rotatable bonds is 3. The molecule has 0 amide bonds. The lowest BCUT2D eigenvalue weighted by Crippen LogP contribution is -2.24. The van der Waals surface area contributed by atoms with Crippen LogP contribution in [0.5, 0.6) is 0 Å². The molecule has 0 aliphatic heterocycles. The number of aromatic nitrogens is 2. The molecule has 4 heteroatoms. The van der Waals surface area contributed by atoms with Crippen molar-refractivity contribution in [2.45, 2.75) is 33.7 Å². The molecule has 0 aliphatic carbocycles. The Labute approximate surface area is 90.2 Å². The average Bonchev–Trinajstić information content (AvgIpc) is 2.54. The summed E-state index contributed by atoms with van der Waals surface area (Å²) in [5, 5.41) is 4.36. The first-order valence-corrected chi connectivity index (χ1v) is 5.08. The zero-order valence-corrected chi connectivity index (χ0v) is 9.94. The van der Waals surface area contributed by atoms with Gasteiger partial charge in [-0.05, 0) is 33.8 Å². The van der Waals surface area contributed by atoms with E-state index >= 15 is 0 Å². The summed E-state index contributed by atoms with van der Waals surface area (Å²) in [6.45, 7) is 7.76. The first kappa shape index (κ1) is 11.8. The molecule has 4 nitrogen and oxygen atoms in total. The second-order valence-corrected chi connectivity index (χ2v) is 3.92. The summed E-state index contributed by atoms with van der Waals surface area (Å²) >= 11 is 0. The number of methoxy groups -OCH3 is 1. The molecule has 0 bridgehead atoms. The molecule has 2 unspecified atom stereocenters. The van der Waals surface area contributed by atoms with Crippen LogP contribution in [0, 0.1) is 19.8 Å². The molecule has 0 saturated carbocycles. The van der Waals surface area contributed by atoms with Gasteiger partial charge in [0.2, 0.25) is 0 Å². The molecule has 1 aromatic rings. The Hall–Kier alpha value is -1.32. The molecular weight excluding hydrogens is 192 g/mol. The number of carbonyl (C=O) groups is 1. The highest BCUT2D eigenvalue weighted by Crippen LogP contribution is 2.20. The van der Waals surface area contributed by atoms with Crippen molar-refractivity contribution in [3.8, 4) is 0 Å². The number of hydrogen-bond donors (Lipinski definition) is 0. The Kier molecular flexibility index (Phi) is 3.50. The van der Waals surface area contributed by atoms with E-state index in [4.69, 9.17) is 4.74 Å². The van der Waals surface area contributed by atoms with Gasteiger partial charge in [0.15, 0.2) is 0 Å². The fourth-order valence-electron chi connectivity index (χ4n) is 1.65. The number of ether oxygens (including phenoxy) is 1. The molecule has 0 radical (unpaired) electrons. The van der Waals surface area contributed by atoms with Crippen molar-refractivity contribution in [3.63, 3.8) is 0 Å². The van der Waals surface area contributed by atoms with Crippen LogP contribution in [0.25, 0.3) is 0 Å². The van der Waals surface area contributed by atoms with E-state index in [1.807, 2.05) is 38.4 Å². The third-order valence-electron chi connectivity index (χ3n) is 2.73. The van der Waals surface area contributed by atoms with Gasteiger partial charge in [-0.15, -0.1) is 0 Å². The van der Waals surface area contributed by atoms with Gasteiger partial charge in [0.05, 0.1) is 24.8 Å². The minimum absolute atomic E-state index is 0.0196. The van der Waals surface area contributed by atoms with E-state index in [2.05, 4.69) is 5.10 Å². The van der Waals surface area contributed by atoms with Crippen molar-refractivity contribution in [1.29, 1.82) is 0 Å². The van der Waals surface area contributed by atoms with Gasteiger partial charge in [-0.1, -0.05) is 0 Å². The van der Waals surface area contributed by atoms with Gasteiger partial charge in [0.25, 0.3) is 0 Å². The molecule has 0 N–H and O–H groups in total. The molecule has 1 aromatic heterocycles. The smallest absolute Gasteiger partial charge is 0.310 e. The molecule has 1 rings (SSSR count). The summed E-state index contributed by atoms with van der Waals surface area (Å²) in [5.41, 5.74) is 2.03. The monoisotopic (exact) mass is 210 g/mol. The fourth-order valence-corrected chi connectivity index (χ4v) is 1.65. The third kappa shape index (κ3) is 2.37. The highest BCUT2D eigenvalue weighted by molar-refractivity contribution is 5.72. The highest BCUT2D eigenvalue weighted by Gasteiger charge is 2.23. The topological polar surface area (TPSA) is 44.1 Å². The first-order chi connectivity index (χ1) is 6.97. The Balaban J connectivity index is 2.89. The van der Waals surface area contributed by atoms with Crippen LogP contribution in [-0.4, -0.2) is 22.9 Å². The van der Waals surface area contributed by atoms with Gasteiger partial charge < -0.3 is 4.74 Å². The maximum Gasteiger partial charge on any atom is 0.310 e. The van der Waals surface area contributed by atoms with Crippen molar-refractivity contribution in [2.24, 2.45) is 5.92 Å². The summed E-state index contributed by atoms with van der Waals surface area (Å²) in [7, 11) is 1.41. The second-order valence-electron chi connectivity index (χ2n) is 3.92. The minimum Gasteiger partial charge on any atom is -0.469 e. The summed E-state index contributed by atoms with van der Waals surface area (Å²) in [5.74, 6) is -0.386. The Bertz CT molecular complexity index is 357. The lowest BCUT2D eigenvalue weighted by Gasteiger charge is -2.19. The van der Waals surface area contributed by atoms with Crippen LogP contribution in [0.3, 0.4) is 0 Å². The zero-order chi connectivity index (χ0) is 11.6. The molecular formula is C11H18N2O2. The number of carbonyl (C=O) groups excluding carboxylic acids is 1. The maximum absolute atomic E-state index is 11.4. The number of esters is 1. The average molecular weight is 210 g/mol. The Morgan fingerprint density at radius 1 is 1.47 bits per heavy atom. The van der Waals surface area contributed by atoms with Gasteiger partial charge in [-0.3, -0.25) is 9.48 Å². The van der Waals surface area contributed by atoms with E-state index in [0.29, 0.717) is 0 Å². The van der Waals surface area contributed by atoms with Crippen molar-refractivity contribution in [1.82, 2.24) is 9.78 Å². The van der Waals surface area contributed by atoms with Gasteiger partial charge in [-0.25, -0.2) is 0 Å². The Morgan fingerprint density at radius 3 is 2.47 bits per heavy atom. The molecule has 84 valence electrons. The number of aryl methyl sites for hydroxylation is 2. The SMILES string of the molecule is COC(=O)C(C)C(C)n1nc(C)cc1C. The summed E-state index contributed by atoms with van der Waals surface area (Å²) < 4.78 is 6.59. The number of hydrogen-bond acceptors (Lipinski definition) is 3. The maximum atomic E-state index is 11.4. The van der Waals surface area contributed by atoms with Crippen LogP contribution in [-0.2, 0) is 9.53 Å². The van der Waals surface area contributed by atoms with Crippen molar-refractivity contribution < 1.29 is 9.53 Å².